The van der Waals surface area contributed by atoms with Crippen LogP contribution in [-0.4, -0.2) is 46.3 Å². The van der Waals surface area contributed by atoms with Gasteiger partial charge in [-0.15, -0.1) is 0 Å². The summed E-state index contributed by atoms with van der Waals surface area (Å²) >= 11 is 0. The average Bonchev–Trinajstić information content (AvgIpc) is 3.76. The van der Waals surface area contributed by atoms with Gasteiger partial charge in [-0.1, -0.05) is 13.5 Å². The molecule has 0 bridgehead atoms. The monoisotopic (exact) mass is 549 g/mol. The average molecular weight is 550 g/mol. The van der Waals surface area contributed by atoms with Crippen molar-refractivity contribution in [3.8, 4) is 5.88 Å². The number of methoxy groups -OCH3 is 1. The van der Waals surface area contributed by atoms with Gasteiger partial charge in [-0.3, -0.25) is 19.3 Å². The molecule has 3 aromatic heterocycles. The fraction of sp³-hybridized carbons (Fsp3) is 0.407. The van der Waals surface area contributed by atoms with Gasteiger partial charge < -0.3 is 10.1 Å². The Bertz CT molecular complexity index is 1740. The van der Waals surface area contributed by atoms with Crippen LogP contribution in [0.5, 0.6) is 5.88 Å². The second-order valence-corrected chi connectivity index (χ2v) is 11.9. The number of nitrogens with zero attached hydrogens (tertiary/aromatic N) is 6. The Morgan fingerprint density at radius 2 is 1.97 bits per heavy atom. The standard InChI is InChI=1S/C27H31N7O4S/c1-6-11-34-25-22(32-24(27(34)35)29-12-18-9-10-19(13-28-18)39(5,36)37)16(3)15(2)21(33-25)20-23(17-7-8-17)30-14-31-26(20)38-4/h9-10,13-14,17,21H,2,6-8,11-12H2,1,3-5H3,(H,29,32). The van der Waals surface area contributed by atoms with Crippen molar-refractivity contribution in [2.45, 2.75) is 63.1 Å². The van der Waals surface area contributed by atoms with E-state index in [1.807, 2.05) is 13.8 Å². The molecule has 0 radical (unpaired) electrons. The van der Waals surface area contributed by atoms with Crippen molar-refractivity contribution in [3.05, 3.63) is 75.0 Å². The van der Waals surface area contributed by atoms with E-state index in [0.717, 1.165) is 47.9 Å². The topological polar surface area (TPSA) is 141 Å². The van der Waals surface area contributed by atoms with E-state index in [1.54, 1.807) is 17.7 Å². The molecule has 2 aliphatic rings. The lowest BCUT2D eigenvalue weighted by Crippen LogP contribution is -2.49. The zero-order valence-electron chi connectivity index (χ0n) is 22.4. The number of ether oxygens (including phenoxy) is 1. The molecule has 1 atom stereocenters. The molecule has 1 unspecified atom stereocenters. The second-order valence-electron chi connectivity index (χ2n) is 9.84. The number of pyridine rings is 1. The van der Waals surface area contributed by atoms with Gasteiger partial charge in [-0.05, 0) is 49.5 Å². The molecule has 5 rings (SSSR count). The van der Waals surface area contributed by atoms with Crippen molar-refractivity contribution >= 4 is 21.2 Å². The fourth-order valence-corrected chi connectivity index (χ4v) is 5.25. The van der Waals surface area contributed by atoms with Gasteiger partial charge in [0, 0.05) is 24.9 Å². The van der Waals surface area contributed by atoms with E-state index >= 15 is 0 Å². The number of aromatic nitrogens is 5. The molecule has 1 fully saturated rings. The lowest BCUT2D eigenvalue weighted by molar-refractivity contribution is 0.387. The van der Waals surface area contributed by atoms with E-state index in [4.69, 9.17) is 9.73 Å². The maximum atomic E-state index is 13.6. The Kier molecular flexibility index (Phi) is 7.06. The fourth-order valence-electron chi connectivity index (χ4n) is 4.69. The molecule has 39 heavy (non-hydrogen) atoms. The predicted molar refractivity (Wildman–Crippen MR) is 146 cm³/mol. The van der Waals surface area contributed by atoms with Crippen molar-refractivity contribution in [3.63, 3.8) is 0 Å². The van der Waals surface area contributed by atoms with Crippen LogP contribution < -0.4 is 26.4 Å². The summed E-state index contributed by atoms with van der Waals surface area (Å²) in [7, 11) is -1.77. The quantitative estimate of drug-likeness (QED) is 0.423. The van der Waals surface area contributed by atoms with Crippen LogP contribution in [0.3, 0.4) is 0 Å². The van der Waals surface area contributed by atoms with Crippen molar-refractivity contribution in [1.29, 1.82) is 0 Å². The van der Waals surface area contributed by atoms with Crippen LogP contribution in [0.1, 0.15) is 62.0 Å². The van der Waals surface area contributed by atoms with Crippen LogP contribution in [0.2, 0.25) is 0 Å². The second kappa shape index (κ2) is 10.3. The maximum Gasteiger partial charge on any atom is 0.294 e. The number of rotatable bonds is 9. The maximum absolute atomic E-state index is 13.6. The van der Waals surface area contributed by atoms with E-state index in [2.05, 4.69) is 31.8 Å². The SMILES string of the molecule is C=C1C(C)=c2nc(NCc3ccc(S(C)(=O)=O)cn3)c(=O)n(CCC)c2=NC1c1c(OC)ncnc1C1CC1. The zero-order valence-corrected chi connectivity index (χ0v) is 23.2. The lowest BCUT2D eigenvalue weighted by Gasteiger charge is -2.24. The largest absolute Gasteiger partial charge is 0.481 e. The van der Waals surface area contributed by atoms with Gasteiger partial charge >= 0.3 is 0 Å². The van der Waals surface area contributed by atoms with Gasteiger partial charge in [0.2, 0.25) is 5.88 Å². The molecule has 1 N–H and O–H groups in total. The highest BCUT2D eigenvalue weighted by Crippen LogP contribution is 2.46. The summed E-state index contributed by atoms with van der Waals surface area (Å²) in [4.78, 5) is 36.5. The zero-order chi connectivity index (χ0) is 27.9. The molecular weight excluding hydrogens is 518 g/mol. The third-order valence-electron chi connectivity index (χ3n) is 6.98. The Morgan fingerprint density at radius 3 is 2.59 bits per heavy atom. The molecule has 0 saturated heterocycles. The molecule has 1 saturated carbocycles. The van der Waals surface area contributed by atoms with Gasteiger partial charge in [-0.2, -0.15) is 0 Å². The smallest absolute Gasteiger partial charge is 0.294 e. The van der Waals surface area contributed by atoms with Crippen molar-refractivity contribution in [2.24, 2.45) is 4.99 Å². The van der Waals surface area contributed by atoms with Crippen LogP contribution in [0.15, 0.2) is 51.5 Å². The summed E-state index contributed by atoms with van der Waals surface area (Å²) < 4.78 is 30.7. The number of hydrogen-bond acceptors (Lipinski definition) is 10. The highest BCUT2D eigenvalue weighted by molar-refractivity contribution is 7.90. The first-order valence-corrected chi connectivity index (χ1v) is 14.7. The van der Waals surface area contributed by atoms with Crippen LogP contribution in [0, 0.1) is 0 Å². The minimum absolute atomic E-state index is 0.133. The first kappa shape index (κ1) is 26.7. The van der Waals surface area contributed by atoms with E-state index in [1.165, 1.54) is 18.6 Å². The number of hydrogen-bond donors (Lipinski definition) is 1. The van der Waals surface area contributed by atoms with E-state index in [-0.39, 0.29) is 22.8 Å². The van der Waals surface area contributed by atoms with Gasteiger partial charge in [0.25, 0.3) is 5.56 Å². The number of anilines is 1. The van der Waals surface area contributed by atoms with Crippen molar-refractivity contribution < 1.29 is 13.2 Å². The Morgan fingerprint density at radius 1 is 1.21 bits per heavy atom. The summed E-state index contributed by atoms with van der Waals surface area (Å²) in [6.07, 6.45) is 6.77. The minimum atomic E-state index is -3.35. The third-order valence-corrected chi connectivity index (χ3v) is 8.07. The predicted octanol–water partition coefficient (Wildman–Crippen LogP) is 1.84. The third kappa shape index (κ3) is 5.08. The number of fused-ring (bicyclic) bond motifs is 1. The van der Waals surface area contributed by atoms with E-state index in [9.17, 15) is 13.2 Å². The summed E-state index contributed by atoms with van der Waals surface area (Å²) in [5.41, 5.74) is 4.03. The molecule has 1 aliphatic carbocycles. The van der Waals surface area contributed by atoms with E-state index < -0.39 is 15.9 Å². The molecule has 12 heteroatoms. The summed E-state index contributed by atoms with van der Waals surface area (Å²) in [6, 6.07) is 2.61. The molecule has 4 heterocycles. The first-order valence-electron chi connectivity index (χ1n) is 12.8. The lowest BCUT2D eigenvalue weighted by atomic mass is 9.91. The summed E-state index contributed by atoms with van der Waals surface area (Å²) in [6.45, 7) is 8.92. The van der Waals surface area contributed by atoms with Crippen LogP contribution >= 0.6 is 0 Å². The summed E-state index contributed by atoms with van der Waals surface area (Å²) in [5.74, 6) is 0.962. The molecule has 204 valence electrons. The van der Waals surface area contributed by atoms with Crippen molar-refractivity contribution in [2.75, 3.05) is 18.7 Å². The Labute approximate surface area is 226 Å². The Hall–Kier alpha value is -3.93. The van der Waals surface area contributed by atoms with Crippen LogP contribution in [0.25, 0.3) is 5.57 Å². The van der Waals surface area contributed by atoms with Gasteiger partial charge in [0.1, 0.15) is 17.7 Å². The first-order chi connectivity index (χ1) is 18.6. The molecule has 11 nitrogen and oxygen atoms in total. The molecule has 1 aliphatic heterocycles. The summed E-state index contributed by atoms with van der Waals surface area (Å²) in [5, 5.41) is 3.66. The molecule has 0 spiro atoms. The van der Waals surface area contributed by atoms with Crippen LogP contribution in [0.4, 0.5) is 5.82 Å². The molecular formula is C27H31N7O4S. The number of sulfone groups is 1. The molecule has 0 aromatic carbocycles. The highest BCUT2D eigenvalue weighted by atomic mass is 32.2. The van der Waals surface area contributed by atoms with Crippen molar-refractivity contribution in [1.82, 2.24) is 24.5 Å². The number of nitrogens with one attached hydrogen (secondary N) is 1. The molecule has 0 amide bonds. The Balaban J connectivity index is 1.59. The highest BCUT2D eigenvalue weighted by Gasteiger charge is 2.35. The van der Waals surface area contributed by atoms with Crippen LogP contribution in [-0.2, 0) is 22.9 Å². The molecule has 3 aromatic rings. The minimum Gasteiger partial charge on any atom is -0.481 e. The van der Waals surface area contributed by atoms with Gasteiger partial charge in [0.15, 0.2) is 21.1 Å². The van der Waals surface area contributed by atoms with Gasteiger partial charge in [0.05, 0.1) is 35.5 Å². The normalized spacial score (nSPS) is 17.0. The van der Waals surface area contributed by atoms with Gasteiger partial charge in [-0.25, -0.2) is 23.4 Å². The van der Waals surface area contributed by atoms with E-state index in [0.29, 0.717) is 34.9 Å².